The molecule has 1 heterocycles. The van der Waals surface area contributed by atoms with Gasteiger partial charge in [0.05, 0.1) is 12.7 Å². The second-order valence-electron chi connectivity index (χ2n) is 10.7. The predicted octanol–water partition coefficient (Wildman–Crippen LogP) is 6.22. The van der Waals surface area contributed by atoms with Gasteiger partial charge < -0.3 is 18.6 Å². The predicted molar refractivity (Wildman–Crippen MR) is 147 cm³/mol. The number of Topliss-reactive ketones (excluding diaryl/α,β-unsaturated/α-hetero) is 1. The van der Waals surface area contributed by atoms with Crippen molar-refractivity contribution in [3.8, 4) is 23.3 Å². The van der Waals surface area contributed by atoms with Crippen LogP contribution in [-0.4, -0.2) is 51.3 Å². The zero-order valence-electron chi connectivity index (χ0n) is 22.4. The van der Waals surface area contributed by atoms with Crippen LogP contribution in [0.25, 0.3) is 10.9 Å². The summed E-state index contributed by atoms with van der Waals surface area (Å²) in [5, 5.41) is 1.02. The first kappa shape index (κ1) is 26.6. The summed E-state index contributed by atoms with van der Waals surface area (Å²) in [7, 11) is 3.76. The molecule has 5 nitrogen and oxygen atoms in total. The van der Waals surface area contributed by atoms with Gasteiger partial charge in [0, 0.05) is 29.2 Å². The van der Waals surface area contributed by atoms with Gasteiger partial charge in [0.15, 0.2) is 5.75 Å². The lowest BCUT2D eigenvalue weighted by molar-refractivity contribution is 0.105. The highest BCUT2D eigenvalue weighted by molar-refractivity contribution is 6.74. The lowest BCUT2D eigenvalue weighted by atomic mass is 10.1. The van der Waals surface area contributed by atoms with Gasteiger partial charge in [0.2, 0.25) is 5.78 Å². The smallest absolute Gasteiger partial charge is 0.250 e. The van der Waals surface area contributed by atoms with Gasteiger partial charge in [-0.3, -0.25) is 4.79 Å². The molecule has 0 fully saturated rings. The second-order valence-corrected chi connectivity index (χ2v) is 15.4. The number of nitrogens with zero attached hydrogens (tertiary/aromatic N) is 2. The second kappa shape index (κ2) is 10.7. The Hall–Kier alpha value is -3.01. The van der Waals surface area contributed by atoms with Crippen molar-refractivity contribution in [2.45, 2.75) is 51.9 Å². The Balaban J connectivity index is 1.85. The van der Waals surface area contributed by atoms with Crippen LogP contribution in [0.2, 0.25) is 18.1 Å². The highest BCUT2D eigenvalue weighted by atomic mass is 28.4. The highest BCUT2D eigenvalue weighted by Crippen LogP contribution is 2.40. The summed E-state index contributed by atoms with van der Waals surface area (Å²) in [5.74, 6) is 7.03. The number of aromatic nitrogens is 1. The molecule has 0 unspecified atom stereocenters. The average molecular weight is 491 g/mol. The standard InChI is InChI=1S/C29H38N2O3Si/c1-29(2,3)35(7,8)34-27-17-15-22(20-28(27)33-6)14-16-26(32)24-21-31(19-11-18-30(4)5)25-13-10-9-12-23(24)25/h9-10,12-13,15,17,20-21H,11,18-19H2,1-8H3. The molecular weight excluding hydrogens is 452 g/mol. The van der Waals surface area contributed by atoms with Crippen LogP contribution in [0, 0.1) is 11.8 Å². The maximum absolute atomic E-state index is 13.1. The van der Waals surface area contributed by atoms with Crippen LogP contribution < -0.4 is 9.16 Å². The van der Waals surface area contributed by atoms with Crippen molar-refractivity contribution in [3.63, 3.8) is 0 Å². The number of ketones is 1. The zero-order chi connectivity index (χ0) is 25.8. The Kier molecular flexibility index (Phi) is 8.14. The Bertz CT molecular complexity index is 1260. The van der Waals surface area contributed by atoms with Crippen molar-refractivity contribution in [1.82, 2.24) is 9.47 Å². The van der Waals surface area contributed by atoms with E-state index in [9.17, 15) is 4.79 Å². The number of carbonyl (C=O) groups is 1. The van der Waals surface area contributed by atoms with E-state index < -0.39 is 8.32 Å². The van der Waals surface area contributed by atoms with E-state index in [-0.39, 0.29) is 10.8 Å². The van der Waals surface area contributed by atoms with Gasteiger partial charge in [-0.1, -0.05) is 44.9 Å². The van der Waals surface area contributed by atoms with Crippen LogP contribution in [0.15, 0.2) is 48.7 Å². The van der Waals surface area contributed by atoms with Gasteiger partial charge in [-0.2, -0.15) is 0 Å². The van der Waals surface area contributed by atoms with E-state index in [1.54, 1.807) is 7.11 Å². The van der Waals surface area contributed by atoms with E-state index >= 15 is 0 Å². The first-order valence-electron chi connectivity index (χ1n) is 12.1. The summed E-state index contributed by atoms with van der Waals surface area (Å²) in [6.45, 7) is 12.9. The van der Waals surface area contributed by atoms with E-state index in [0.29, 0.717) is 16.9 Å². The summed E-state index contributed by atoms with van der Waals surface area (Å²) in [4.78, 5) is 15.3. The van der Waals surface area contributed by atoms with E-state index in [2.05, 4.69) is 75.3 Å². The monoisotopic (exact) mass is 490 g/mol. The fourth-order valence-electron chi connectivity index (χ4n) is 3.62. The van der Waals surface area contributed by atoms with E-state index in [4.69, 9.17) is 9.16 Å². The molecule has 6 heteroatoms. The zero-order valence-corrected chi connectivity index (χ0v) is 23.4. The number of benzene rings is 2. The number of aryl methyl sites for hydroxylation is 1. The summed E-state index contributed by atoms with van der Waals surface area (Å²) in [6, 6.07) is 13.6. The molecule has 3 rings (SSSR count). The first-order chi connectivity index (χ1) is 16.4. The van der Waals surface area contributed by atoms with Gasteiger partial charge in [-0.25, -0.2) is 0 Å². The van der Waals surface area contributed by atoms with Crippen LogP contribution in [-0.2, 0) is 6.54 Å². The molecule has 0 amide bonds. The van der Waals surface area contributed by atoms with Crippen LogP contribution >= 0.6 is 0 Å². The van der Waals surface area contributed by atoms with E-state index in [1.165, 1.54) is 0 Å². The number of hydrogen-bond acceptors (Lipinski definition) is 4. The van der Waals surface area contributed by atoms with Gasteiger partial charge in [0.25, 0.3) is 8.32 Å². The molecule has 0 saturated carbocycles. The fourth-order valence-corrected chi connectivity index (χ4v) is 4.65. The van der Waals surface area contributed by atoms with Crippen LogP contribution in [0.3, 0.4) is 0 Å². The molecule has 35 heavy (non-hydrogen) atoms. The summed E-state index contributed by atoms with van der Waals surface area (Å²) in [5.41, 5.74) is 2.42. The van der Waals surface area contributed by atoms with Crippen molar-refractivity contribution in [2.24, 2.45) is 0 Å². The van der Waals surface area contributed by atoms with E-state index in [0.717, 1.165) is 36.2 Å². The minimum atomic E-state index is -2.01. The molecule has 0 saturated heterocycles. The quantitative estimate of drug-likeness (QED) is 0.214. The molecule has 0 aliphatic carbocycles. The molecule has 186 valence electrons. The normalized spacial score (nSPS) is 11.9. The molecule has 0 bridgehead atoms. The number of ether oxygens (including phenoxy) is 1. The van der Waals surface area contributed by atoms with Crippen LogP contribution in [0.1, 0.15) is 43.1 Å². The van der Waals surface area contributed by atoms with Crippen LogP contribution in [0.4, 0.5) is 0 Å². The molecule has 0 aliphatic heterocycles. The molecular formula is C29H38N2O3Si. The maximum Gasteiger partial charge on any atom is 0.250 e. The topological polar surface area (TPSA) is 43.7 Å². The molecule has 0 N–H and O–H groups in total. The van der Waals surface area contributed by atoms with Gasteiger partial charge >= 0.3 is 0 Å². The third-order valence-corrected chi connectivity index (χ3v) is 11.0. The Morgan fingerprint density at radius 3 is 2.46 bits per heavy atom. The third kappa shape index (κ3) is 6.36. The summed E-state index contributed by atoms with van der Waals surface area (Å²) >= 11 is 0. The average Bonchev–Trinajstić information content (AvgIpc) is 3.16. The minimum absolute atomic E-state index is 0.0779. The number of hydrogen-bond donors (Lipinski definition) is 0. The Labute approximate surface area is 211 Å². The van der Waals surface area contributed by atoms with Crippen LogP contribution in [0.5, 0.6) is 11.5 Å². The summed E-state index contributed by atoms with van der Waals surface area (Å²) in [6.07, 6.45) is 2.95. The molecule has 0 radical (unpaired) electrons. The highest BCUT2D eigenvalue weighted by Gasteiger charge is 2.39. The van der Waals surface area contributed by atoms with Crippen molar-refractivity contribution < 1.29 is 14.0 Å². The molecule has 0 atom stereocenters. The minimum Gasteiger partial charge on any atom is -0.541 e. The fraction of sp³-hybridized carbons (Fsp3) is 0.414. The molecule has 0 aliphatic rings. The Morgan fingerprint density at radius 2 is 1.80 bits per heavy atom. The number of carbonyl (C=O) groups excluding carboxylic acids is 1. The third-order valence-electron chi connectivity index (χ3n) is 6.69. The number of methoxy groups -OCH3 is 1. The largest absolute Gasteiger partial charge is 0.541 e. The van der Waals surface area contributed by atoms with Crippen molar-refractivity contribution >= 4 is 25.0 Å². The lowest BCUT2D eigenvalue weighted by Crippen LogP contribution is -2.43. The number of fused-ring (bicyclic) bond motifs is 1. The number of para-hydroxylation sites is 1. The lowest BCUT2D eigenvalue weighted by Gasteiger charge is -2.36. The maximum atomic E-state index is 13.1. The van der Waals surface area contributed by atoms with Gasteiger partial charge in [-0.05, 0) is 75.4 Å². The number of rotatable bonds is 8. The molecule has 3 aromatic rings. The first-order valence-corrected chi connectivity index (χ1v) is 15.0. The van der Waals surface area contributed by atoms with Gasteiger partial charge in [-0.15, -0.1) is 0 Å². The molecule has 0 spiro atoms. The summed E-state index contributed by atoms with van der Waals surface area (Å²) < 4.78 is 14.2. The SMILES string of the molecule is COc1cc(C#CC(=O)c2cn(CCCN(C)C)c3ccccc23)ccc1O[Si](C)(C)C(C)(C)C. The molecule has 1 aromatic heterocycles. The molecule has 2 aromatic carbocycles. The van der Waals surface area contributed by atoms with E-state index in [1.807, 2.05) is 42.6 Å². The van der Waals surface area contributed by atoms with Crippen molar-refractivity contribution in [2.75, 3.05) is 27.7 Å². The van der Waals surface area contributed by atoms with Crippen molar-refractivity contribution in [3.05, 3.63) is 59.8 Å². The van der Waals surface area contributed by atoms with Gasteiger partial charge in [0.1, 0.15) is 5.75 Å². The Morgan fingerprint density at radius 1 is 1.09 bits per heavy atom. The van der Waals surface area contributed by atoms with Crippen molar-refractivity contribution in [1.29, 1.82) is 0 Å².